The molecule has 1 aromatic heterocycles. The van der Waals surface area contributed by atoms with Crippen LogP contribution in [0.25, 0.3) is 10.1 Å². The highest BCUT2D eigenvalue weighted by Gasteiger charge is 2.09. The first-order valence-electron chi connectivity index (χ1n) is 4.09. The molecular weight excluding hydrogens is 359 g/mol. The molecule has 0 atom stereocenters. The van der Waals surface area contributed by atoms with Gasteiger partial charge in [0.2, 0.25) is 0 Å². The quantitative estimate of drug-likeness (QED) is 0.634. The third-order valence-corrected chi connectivity index (χ3v) is 6.10. The van der Waals surface area contributed by atoms with Gasteiger partial charge in [-0.05, 0) is 56.6 Å². The van der Waals surface area contributed by atoms with E-state index in [1.807, 2.05) is 11.3 Å². The fraction of sp³-hybridized carbons (Fsp3) is 0.200. The van der Waals surface area contributed by atoms with E-state index in [1.165, 1.54) is 23.0 Å². The zero-order chi connectivity index (χ0) is 9.42. The molecule has 0 radical (unpaired) electrons. The zero-order valence-corrected chi connectivity index (χ0v) is 11.7. The summed E-state index contributed by atoms with van der Waals surface area (Å²) in [5.74, 6) is 0. The van der Waals surface area contributed by atoms with Crippen LogP contribution in [0.5, 0.6) is 0 Å². The van der Waals surface area contributed by atoms with Crippen molar-refractivity contribution in [1.82, 2.24) is 0 Å². The van der Waals surface area contributed by atoms with Gasteiger partial charge in [-0.25, -0.2) is 0 Å². The van der Waals surface area contributed by atoms with Crippen molar-refractivity contribution in [2.45, 2.75) is 13.3 Å². The molecule has 0 aliphatic carbocycles. The lowest BCUT2D eigenvalue weighted by molar-refractivity contribution is 1.16. The topological polar surface area (TPSA) is 0 Å². The zero-order valence-electron chi connectivity index (χ0n) is 7.10. The van der Waals surface area contributed by atoms with Gasteiger partial charge in [-0.3, -0.25) is 0 Å². The average molecular weight is 367 g/mol. The van der Waals surface area contributed by atoms with Crippen molar-refractivity contribution in [2.24, 2.45) is 0 Å². The van der Waals surface area contributed by atoms with Crippen LogP contribution in [0.3, 0.4) is 0 Å². The van der Waals surface area contributed by atoms with Crippen molar-refractivity contribution in [2.75, 3.05) is 0 Å². The number of hydrogen-bond donors (Lipinski definition) is 0. The van der Waals surface area contributed by atoms with Gasteiger partial charge in [0.25, 0.3) is 0 Å². The van der Waals surface area contributed by atoms with Gasteiger partial charge in [0.05, 0.1) is 3.79 Å². The summed E-state index contributed by atoms with van der Waals surface area (Å²) in [6.45, 7) is 2.20. The molecule has 0 saturated carbocycles. The normalized spacial score (nSPS) is 11.0. The van der Waals surface area contributed by atoms with Crippen LogP contribution < -0.4 is 0 Å². The second-order valence-corrected chi connectivity index (χ2v) is 6.28. The largest absolute Gasteiger partial charge is 0.127 e. The molecule has 0 spiro atoms. The maximum Gasteiger partial charge on any atom is 0.0844 e. The number of hydrogen-bond acceptors (Lipinski definition) is 1. The van der Waals surface area contributed by atoms with Crippen LogP contribution in [0, 0.1) is 3.57 Å². The van der Waals surface area contributed by atoms with E-state index in [9.17, 15) is 0 Å². The molecule has 2 aromatic rings. The Morgan fingerprint density at radius 3 is 2.92 bits per heavy atom. The Labute approximate surface area is 104 Å². The van der Waals surface area contributed by atoms with E-state index in [0.717, 1.165) is 6.42 Å². The molecule has 0 fully saturated rings. The maximum absolute atomic E-state index is 3.58. The van der Waals surface area contributed by atoms with Crippen molar-refractivity contribution < 1.29 is 0 Å². The molecule has 13 heavy (non-hydrogen) atoms. The van der Waals surface area contributed by atoms with Crippen LogP contribution in [0.2, 0.25) is 0 Å². The summed E-state index contributed by atoms with van der Waals surface area (Å²) in [6.07, 6.45) is 1.11. The number of benzene rings is 1. The van der Waals surface area contributed by atoms with E-state index in [-0.39, 0.29) is 0 Å². The van der Waals surface area contributed by atoms with Crippen molar-refractivity contribution in [3.63, 3.8) is 0 Å². The molecule has 0 unspecified atom stereocenters. The average Bonchev–Trinajstić information content (AvgIpc) is 2.43. The van der Waals surface area contributed by atoms with Crippen molar-refractivity contribution >= 4 is 59.9 Å². The first-order chi connectivity index (χ1) is 6.24. The van der Waals surface area contributed by atoms with Crippen LogP contribution in [-0.4, -0.2) is 0 Å². The Balaban J connectivity index is 2.87. The summed E-state index contributed by atoms with van der Waals surface area (Å²) in [6, 6.07) is 6.54. The van der Waals surface area contributed by atoms with Crippen molar-refractivity contribution in [3.05, 3.63) is 31.1 Å². The Morgan fingerprint density at radius 1 is 1.46 bits per heavy atom. The molecule has 0 bridgehead atoms. The molecule has 68 valence electrons. The molecule has 0 N–H and O–H groups in total. The van der Waals surface area contributed by atoms with Gasteiger partial charge in [-0.1, -0.05) is 19.1 Å². The summed E-state index contributed by atoms with van der Waals surface area (Å²) in [5.41, 5.74) is 1.45. The Bertz CT molecular complexity index is 447. The number of rotatable bonds is 1. The standard InChI is InChI=1S/C10H8BrIS/c1-2-6-4-3-5-7-8(6)9(12)10(11)13-7/h3-5H,2H2,1H3. The summed E-state index contributed by atoms with van der Waals surface area (Å²) in [5, 5.41) is 1.43. The minimum Gasteiger partial charge on any atom is -0.127 e. The molecular formula is C10H8BrIS. The summed E-state index contributed by atoms with van der Waals surface area (Å²) >= 11 is 7.81. The fourth-order valence-corrected chi connectivity index (χ4v) is 4.18. The lowest BCUT2D eigenvalue weighted by Gasteiger charge is -1.98. The van der Waals surface area contributed by atoms with Crippen LogP contribution in [-0.2, 0) is 6.42 Å². The molecule has 2 rings (SSSR count). The predicted molar refractivity (Wildman–Crippen MR) is 71.6 cm³/mol. The van der Waals surface area contributed by atoms with Crippen LogP contribution in [0.15, 0.2) is 22.0 Å². The van der Waals surface area contributed by atoms with Gasteiger partial charge in [0.15, 0.2) is 0 Å². The Kier molecular flexibility index (Phi) is 2.95. The molecule has 1 aromatic carbocycles. The van der Waals surface area contributed by atoms with Gasteiger partial charge < -0.3 is 0 Å². The first kappa shape index (κ1) is 9.93. The van der Waals surface area contributed by atoms with Gasteiger partial charge in [0, 0.05) is 13.7 Å². The lowest BCUT2D eigenvalue weighted by Crippen LogP contribution is -1.81. The van der Waals surface area contributed by atoms with Crippen LogP contribution in [0.4, 0.5) is 0 Å². The minimum atomic E-state index is 1.11. The molecule has 0 nitrogen and oxygen atoms in total. The second-order valence-electron chi connectivity index (χ2n) is 2.83. The first-order valence-corrected chi connectivity index (χ1v) is 6.78. The third-order valence-electron chi connectivity index (χ3n) is 2.09. The predicted octanol–water partition coefficient (Wildman–Crippen LogP) is 4.83. The van der Waals surface area contributed by atoms with E-state index in [1.54, 1.807) is 0 Å². The Morgan fingerprint density at radius 2 is 2.23 bits per heavy atom. The SMILES string of the molecule is CCc1cccc2sc(Br)c(I)c12. The number of halogens is 2. The van der Waals surface area contributed by atoms with Crippen molar-refractivity contribution in [1.29, 1.82) is 0 Å². The van der Waals surface area contributed by atoms with Gasteiger partial charge in [-0.15, -0.1) is 11.3 Å². The van der Waals surface area contributed by atoms with E-state index < -0.39 is 0 Å². The highest BCUT2D eigenvalue weighted by molar-refractivity contribution is 14.1. The monoisotopic (exact) mass is 366 g/mol. The van der Waals surface area contributed by atoms with Gasteiger partial charge in [-0.2, -0.15) is 0 Å². The van der Waals surface area contributed by atoms with E-state index in [4.69, 9.17) is 0 Å². The molecule has 0 aliphatic heterocycles. The lowest BCUT2D eigenvalue weighted by atomic mass is 10.1. The number of aryl methyl sites for hydroxylation is 1. The molecule has 1 heterocycles. The minimum absolute atomic E-state index is 1.11. The van der Waals surface area contributed by atoms with Crippen LogP contribution in [0.1, 0.15) is 12.5 Å². The smallest absolute Gasteiger partial charge is 0.0844 e. The van der Waals surface area contributed by atoms with E-state index in [2.05, 4.69) is 63.6 Å². The fourth-order valence-electron chi connectivity index (χ4n) is 1.45. The van der Waals surface area contributed by atoms with E-state index in [0.29, 0.717) is 0 Å². The highest BCUT2D eigenvalue weighted by Crippen LogP contribution is 2.38. The summed E-state index contributed by atoms with van der Waals surface area (Å²) < 4.78 is 4.00. The third kappa shape index (κ3) is 1.66. The number of thiophene rings is 1. The molecule has 3 heteroatoms. The Hall–Kier alpha value is 0.390. The maximum atomic E-state index is 3.58. The number of fused-ring (bicyclic) bond motifs is 1. The van der Waals surface area contributed by atoms with Crippen LogP contribution >= 0.6 is 49.9 Å². The summed E-state index contributed by atoms with van der Waals surface area (Å²) in [4.78, 5) is 0. The molecule has 0 amide bonds. The highest BCUT2D eigenvalue weighted by atomic mass is 127. The summed E-state index contributed by atoms with van der Waals surface area (Å²) in [7, 11) is 0. The van der Waals surface area contributed by atoms with Gasteiger partial charge >= 0.3 is 0 Å². The molecule has 0 aliphatic rings. The molecule has 0 saturated heterocycles. The van der Waals surface area contributed by atoms with Crippen molar-refractivity contribution in [3.8, 4) is 0 Å². The van der Waals surface area contributed by atoms with Gasteiger partial charge in [0.1, 0.15) is 0 Å². The second kappa shape index (κ2) is 3.87. The van der Waals surface area contributed by atoms with E-state index >= 15 is 0 Å².